The maximum absolute atomic E-state index is 5.85. The van der Waals surface area contributed by atoms with Gasteiger partial charge >= 0.3 is 0 Å². The Hall–Kier alpha value is -0.863. The molecule has 15 heavy (non-hydrogen) atoms. The molecule has 0 amide bonds. The highest BCUT2D eigenvalue weighted by Gasteiger charge is 2.12. The molecule has 0 aliphatic rings. The lowest BCUT2D eigenvalue weighted by Gasteiger charge is -2.22. The fourth-order valence-corrected chi connectivity index (χ4v) is 2.24. The molecule has 0 atom stereocenters. The smallest absolute Gasteiger partial charge is 0.185 e. The molecule has 0 N–H and O–H groups in total. The average molecular weight is 220 g/mol. The van der Waals surface area contributed by atoms with Crippen molar-refractivity contribution in [2.75, 3.05) is 0 Å². The van der Waals surface area contributed by atoms with Gasteiger partial charge < -0.3 is 4.43 Å². The van der Waals surface area contributed by atoms with Crippen LogP contribution in [0, 0.1) is 0 Å². The minimum atomic E-state index is -0.528. The Kier molecular flexibility index (Phi) is 4.79. The molecule has 82 valence electrons. The Morgan fingerprint density at radius 2 is 1.93 bits per heavy atom. The Morgan fingerprint density at radius 1 is 1.27 bits per heavy atom. The summed E-state index contributed by atoms with van der Waals surface area (Å²) >= 11 is 0. The van der Waals surface area contributed by atoms with Gasteiger partial charge in [0.1, 0.15) is 0 Å². The molecule has 1 aromatic carbocycles. The van der Waals surface area contributed by atoms with Crippen LogP contribution in [-0.2, 0) is 4.43 Å². The summed E-state index contributed by atoms with van der Waals surface area (Å²) in [6.07, 6.45) is 3.22. The van der Waals surface area contributed by atoms with Crippen molar-refractivity contribution in [3.8, 4) is 0 Å². The first kappa shape index (κ1) is 12.2. The lowest BCUT2D eigenvalue weighted by atomic mass is 10.1. The molecule has 0 saturated carbocycles. The Labute approximate surface area is 95.1 Å². The van der Waals surface area contributed by atoms with E-state index in [-0.39, 0.29) is 5.60 Å². The third-order valence-electron chi connectivity index (χ3n) is 2.53. The van der Waals surface area contributed by atoms with E-state index in [4.69, 9.17) is 4.43 Å². The van der Waals surface area contributed by atoms with Crippen molar-refractivity contribution in [3.63, 3.8) is 0 Å². The van der Waals surface area contributed by atoms with Gasteiger partial charge in [0, 0.05) is 0 Å². The SMILES string of the molecule is CCC(C)(C)O[SiH2]C=Cc1ccccc1. The molecule has 0 radical (unpaired) electrons. The molecule has 0 bridgehead atoms. The van der Waals surface area contributed by atoms with E-state index in [2.05, 4.69) is 56.8 Å². The summed E-state index contributed by atoms with van der Waals surface area (Å²) in [5.41, 5.74) is 3.50. The second-order valence-corrected chi connectivity index (χ2v) is 5.33. The second-order valence-electron chi connectivity index (χ2n) is 4.24. The Balaban J connectivity index is 2.35. The molecule has 0 spiro atoms. The van der Waals surface area contributed by atoms with Crippen LogP contribution in [0.3, 0.4) is 0 Å². The van der Waals surface area contributed by atoms with Crippen LogP contribution in [0.25, 0.3) is 6.08 Å². The van der Waals surface area contributed by atoms with Gasteiger partial charge in [-0.2, -0.15) is 0 Å². The zero-order valence-corrected chi connectivity index (χ0v) is 11.3. The van der Waals surface area contributed by atoms with Crippen LogP contribution in [0.1, 0.15) is 32.8 Å². The standard InChI is InChI=1S/C13H20OSi/c1-4-13(2,3)14-15-11-10-12-8-6-5-7-9-12/h5-11H,4,15H2,1-3H3. The third kappa shape index (κ3) is 4.95. The molecule has 0 heterocycles. The second kappa shape index (κ2) is 5.88. The number of hydrogen-bond acceptors (Lipinski definition) is 1. The predicted molar refractivity (Wildman–Crippen MR) is 69.5 cm³/mol. The van der Waals surface area contributed by atoms with Gasteiger partial charge in [0.15, 0.2) is 9.76 Å². The largest absolute Gasteiger partial charge is 0.414 e. The minimum Gasteiger partial charge on any atom is -0.414 e. The van der Waals surface area contributed by atoms with Crippen LogP contribution in [0.15, 0.2) is 36.0 Å². The molecule has 0 aromatic heterocycles. The van der Waals surface area contributed by atoms with E-state index in [0.717, 1.165) is 6.42 Å². The molecule has 2 heteroatoms. The molecule has 1 aromatic rings. The topological polar surface area (TPSA) is 9.23 Å². The monoisotopic (exact) mass is 220 g/mol. The number of benzene rings is 1. The van der Waals surface area contributed by atoms with Crippen molar-refractivity contribution >= 4 is 15.8 Å². The van der Waals surface area contributed by atoms with Crippen molar-refractivity contribution in [2.24, 2.45) is 0 Å². The lowest BCUT2D eigenvalue weighted by Crippen LogP contribution is -2.24. The molecule has 1 rings (SSSR count). The van der Waals surface area contributed by atoms with E-state index in [9.17, 15) is 0 Å². The van der Waals surface area contributed by atoms with Gasteiger partial charge in [0.05, 0.1) is 5.60 Å². The van der Waals surface area contributed by atoms with Gasteiger partial charge in [0.2, 0.25) is 0 Å². The molecular formula is C13H20OSi. The minimum absolute atomic E-state index is 0.0489. The van der Waals surface area contributed by atoms with E-state index >= 15 is 0 Å². The maximum Gasteiger partial charge on any atom is 0.185 e. The zero-order chi connectivity index (χ0) is 11.1. The van der Waals surface area contributed by atoms with E-state index in [0.29, 0.717) is 0 Å². The molecule has 0 fully saturated rings. The predicted octanol–water partition coefficient (Wildman–Crippen LogP) is 2.95. The summed E-state index contributed by atoms with van der Waals surface area (Å²) in [6, 6.07) is 10.4. The summed E-state index contributed by atoms with van der Waals surface area (Å²) in [4.78, 5) is 0. The van der Waals surface area contributed by atoms with Gasteiger partial charge in [-0.25, -0.2) is 0 Å². The Morgan fingerprint density at radius 3 is 2.53 bits per heavy atom. The van der Waals surface area contributed by atoms with Crippen LogP contribution >= 0.6 is 0 Å². The van der Waals surface area contributed by atoms with Gasteiger partial charge in [-0.1, -0.05) is 49.0 Å². The first-order chi connectivity index (χ1) is 7.14. The zero-order valence-electron chi connectivity index (χ0n) is 9.86. The Bertz CT molecular complexity index is 304. The highest BCUT2D eigenvalue weighted by molar-refractivity contribution is 6.35. The van der Waals surface area contributed by atoms with Gasteiger partial charge in [0.25, 0.3) is 0 Å². The van der Waals surface area contributed by atoms with Gasteiger partial charge in [-0.15, -0.1) is 0 Å². The average Bonchev–Trinajstić information content (AvgIpc) is 2.26. The molecular weight excluding hydrogens is 200 g/mol. The van der Waals surface area contributed by atoms with Crippen molar-refractivity contribution < 1.29 is 4.43 Å². The first-order valence-corrected chi connectivity index (χ1v) is 6.89. The van der Waals surface area contributed by atoms with E-state index < -0.39 is 9.76 Å². The summed E-state index contributed by atoms with van der Waals surface area (Å²) in [6.45, 7) is 6.46. The molecule has 0 unspecified atom stereocenters. The van der Waals surface area contributed by atoms with Crippen LogP contribution in [0.4, 0.5) is 0 Å². The molecule has 0 saturated heterocycles. The summed E-state index contributed by atoms with van der Waals surface area (Å²) in [5, 5.41) is 0. The highest BCUT2D eigenvalue weighted by Crippen LogP contribution is 2.12. The van der Waals surface area contributed by atoms with Crippen LogP contribution in [0.2, 0.25) is 0 Å². The van der Waals surface area contributed by atoms with Crippen molar-refractivity contribution in [1.82, 2.24) is 0 Å². The number of hydrogen-bond donors (Lipinski definition) is 0. The van der Waals surface area contributed by atoms with Gasteiger partial charge in [-0.05, 0) is 25.8 Å². The third-order valence-corrected chi connectivity index (χ3v) is 3.91. The summed E-state index contributed by atoms with van der Waals surface area (Å²) in [5.74, 6) is 0. The van der Waals surface area contributed by atoms with Crippen LogP contribution in [-0.4, -0.2) is 15.4 Å². The van der Waals surface area contributed by atoms with E-state index in [1.807, 2.05) is 6.07 Å². The molecule has 0 aliphatic heterocycles. The lowest BCUT2D eigenvalue weighted by molar-refractivity contribution is 0.114. The van der Waals surface area contributed by atoms with Crippen LogP contribution < -0.4 is 0 Å². The fraction of sp³-hybridized carbons (Fsp3) is 0.385. The summed E-state index contributed by atoms with van der Waals surface area (Å²) < 4.78 is 5.85. The van der Waals surface area contributed by atoms with Gasteiger partial charge in [-0.3, -0.25) is 0 Å². The fourth-order valence-electron chi connectivity index (χ4n) is 1.12. The first-order valence-electron chi connectivity index (χ1n) is 5.49. The number of rotatable bonds is 5. The van der Waals surface area contributed by atoms with Crippen LogP contribution in [0.5, 0.6) is 0 Å². The van der Waals surface area contributed by atoms with Crippen molar-refractivity contribution in [3.05, 3.63) is 41.6 Å². The van der Waals surface area contributed by atoms with Crippen molar-refractivity contribution in [2.45, 2.75) is 32.8 Å². The van der Waals surface area contributed by atoms with Crippen molar-refractivity contribution in [1.29, 1.82) is 0 Å². The normalized spacial score (nSPS) is 13.0. The molecule has 0 aliphatic carbocycles. The van der Waals surface area contributed by atoms with E-state index in [1.54, 1.807) is 0 Å². The molecule has 1 nitrogen and oxygen atoms in total. The summed E-state index contributed by atoms with van der Waals surface area (Å²) in [7, 11) is -0.528. The maximum atomic E-state index is 5.85. The highest BCUT2D eigenvalue weighted by atomic mass is 28.2. The quantitative estimate of drug-likeness (QED) is 0.693. The van der Waals surface area contributed by atoms with E-state index in [1.165, 1.54) is 5.56 Å².